The molecule has 5 nitrogen and oxygen atoms in total. The Bertz CT molecular complexity index is 715. The minimum Gasteiger partial charge on any atom is -0.262 e. The predicted molar refractivity (Wildman–Crippen MR) is 76.3 cm³/mol. The number of benzene rings is 1. The van der Waals surface area contributed by atoms with Gasteiger partial charge in [0.2, 0.25) is 0 Å². The van der Waals surface area contributed by atoms with Crippen LogP contribution in [0.1, 0.15) is 30.2 Å². The van der Waals surface area contributed by atoms with Gasteiger partial charge in [-0.25, -0.2) is 14.1 Å². The zero-order valence-electron chi connectivity index (χ0n) is 11.9. The Morgan fingerprint density at radius 1 is 1.24 bits per heavy atom. The number of rotatable bonds is 4. The smallest absolute Gasteiger partial charge is 0.152 e. The van der Waals surface area contributed by atoms with Crippen molar-refractivity contribution < 1.29 is 4.39 Å². The quantitative estimate of drug-likeness (QED) is 0.740. The van der Waals surface area contributed by atoms with E-state index in [-0.39, 0.29) is 11.9 Å². The maximum absolute atomic E-state index is 13.0. The molecule has 3 rings (SSSR count). The Balaban J connectivity index is 1.90. The molecule has 0 aliphatic rings. The summed E-state index contributed by atoms with van der Waals surface area (Å²) in [5.74, 6) is 1.31. The van der Waals surface area contributed by atoms with Crippen molar-refractivity contribution in [1.29, 1.82) is 0 Å². The summed E-state index contributed by atoms with van der Waals surface area (Å²) in [6.45, 7) is 4.44. The van der Waals surface area contributed by atoms with Crippen molar-refractivity contribution in [3.8, 4) is 0 Å². The van der Waals surface area contributed by atoms with Crippen LogP contribution >= 0.6 is 0 Å². The molecular weight excluding hydrogens is 269 g/mol. The molecule has 0 amide bonds. The second-order valence-electron chi connectivity index (χ2n) is 4.96. The van der Waals surface area contributed by atoms with Crippen molar-refractivity contribution >= 4 is 0 Å². The number of halogens is 1. The van der Waals surface area contributed by atoms with Crippen molar-refractivity contribution in [2.45, 2.75) is 26.4 Å². The van der Waals surface area contributed by atoms with Crippen LogP contribution in [0.5, 0.6) is 0 Å². The lowest BCUT2D eigenvalue weighted by Crippen LogP contribution is -2.15. The zero-order chi connectivity index (χ0) is 14.8. The Kier molecular flexibility index (Phi) is 3.51. The fourth-order valence-electron chi connectivity index (χ4n) is 2.29. The first-order chi connectivity index (χ1) is 10.1. The average Bonchev–Trinajstić information content (AvgIpc) is 3.10. The van der Waals surface area contributed by atoms with Crippen LogP contribution < -0.4 is 0 Å². The molecule has 0 bridgehead atoms. The normalized spacial score (nSPS) is 12.5. The van der Waals surface area contributed by atoms with Gasteiger partial charge in [0.25, 0.3) is 0 Å². The molecule has 0 aliphatic heterocycles. The summed E-state index contributed by atoms with van der Waals surface area (Å²) < 4.78 is 16.7. The standard InChI is InChI=1S/C15H16FN5/c1-11(20-9-3-8-17-20)15-18-12(2)19-21(15)10-13-4-6-14(16)7-5-13/h3-9,11H,10H2,1-2H3. The highest BCUT2D eigenvalue weighted by molar-refractivity contribution is 5.17. The molecule has 2 aromatic heterocycles. The number of aryl methyl sites for hydroxylation is 1. The van der Waals surface area contributed by atoms with Gasteiger partial charge in [0.05, 0.1) is 6.54 Å². The van der Waals surface area contributed by atoms with E-state index in [9.17, 15) is 4.39 Å². The summed E-state index contributed by atoms with van der Waals surface area (Å²) in [5.41, 5.74) is 0.982. The third kappa shape index (κ3) is 2.84. The molecule has 0 saturated carbocycles. The summed E-state index contributed by atoms with van der Waals surface area (Å²) >= 11 is 0. The summed E-state index contributed by atoms with van der Waals surface area (Å²) in [6.07, 6.45) is 3.64. The zero-order valence-corrected chi connectivity index (χ0v) is 11.9. The van der Waals surface area contributed by atoms with Crippen molar-refractivity contribution in [1.82, 2.24) is 24.5 Å². The minimum absolute atomic E-state index is 0.0124. The van der Waals surface area contributed by atoms with Crippen molar-refractivity contribution in [3.63, 3.8) is 0 Å². The molecule has 2 heterocycles. The van der Waals surface area contributed by atoms with Gasteiger partial charge in [0, 0.05) is 12.4 Å². The van der Waals surface area contributed by atoms with Crippen LogP contribution in [0.25, 0.3) is 0 Å². The van der Waals surface area contributed by atoms with Crippen molar-refractivity contribution in [3.05, 3.63) is 65.8 Å². The Labute approximate surface area is 122 Å². The Hall–Kier alpha value is -2.50. The van der Waals surface area contributed by atoms with Gasteiger partial charge in [0.1, 0.15) is 17.7 Å². The van der Waals surface area contributed by atoms with E-state index in [1.807, 2.05) is 35.5 Å². The van der Waals surface area contributed by atoms with Crippen LogP contribution in [0.15, 0.2) is 42.7 Å². The predicted octanol–water partition coefficient (Wildman–Crippen LogP) is 2.58. The molecular formula is C15H16FN5. The maximum Gasteiger partial charge on any atom is 0.152 e. The molecule has 0 fully saturated rings. The molecule has 3 aromatic rings. The Morgan fingerprint density at radius 2 is 2.00 bits per heavy atom. The fraction of sp³-hybridized carbons (Fsp3) is 0.267. The molecule has 0 saturated heterocycles. The van der Waals surface area contributed by atoms with Gasteiger partial charge in [-0.15, -0.1) is 0 Å². The first kappa shape index (κ1) is 13.5. The third-order valence-electron chi connectivity index (χ3n) is 3.35. The molecule has 0 spiro atoms. The van der Waals surface area contributed by atoms with Gasteiger partial charge < -0.3 is 0 Å². The fourth-order valence-corrected chi connectivity index (χ4v) is 2.29. The van der Waals surface area contributed by atoms with Crippen molar-refractivity contribution in [2.24, 2.45) is 0 Å². The van der Waals surface area contributed by atoms with Crippen LogP contribution in [-0.2, 0) is 6.54 Å². The number of aromatic nitrogens is 5. The lowest BCUT2D eigenvalue weighted by molar-refractivity contribution is 0.496. The van der Waals surface area contributed by atoms with E-state index < -0.39 is 0 Å². The highest BCUT2D eigenvalue weighted by Gasteiger charge is 2.17. The van der Waals surface area contributed by atoms with Gasteiger partial charge in [-0.2, -0.15) is 10.2 Å². The van der Waals surface area contributed by atoms with Crippen LogP contribution in [-0.4, -0.2) is 24.5 Å². The van der Waals surface area contributed by atoms with E-state index >= 15 is 0 Å². The molecule has 0 aliphatic carbocycles. The van der Waals surface area contributed by atoms with Gasteiger partial charge in [0.15, 0.2) is 5.82 Å². The second kappa shape index (κ2) is 5.47. The topological polar surface area (TPSA) is 48.5 Å². The molecule has 1 atom stereocenters. The summed E-state index contributed by atoms with van der Waals surface area (Å²) in [7, 11) is 0. The van der Waals surface area contributed by atoms with E-state index in [2.05, 4.69) is 15.2 Å². The van der Waals surface area contributed by atoms with E-state index in [4.69, 9.17) is 0 Å². The van der Waals surface area contributed by atoms with Gasteiger partial charge in [-0.1, -0.05) is 12.1 Å². The monoisotopic (exact) mass is 285 g/mol. The average molecular weight is 285 g/mol. The first-order valence-corrected chi connectivity index (χ1v) is 6.78. The lowest BCUT2D eigenvalue weighted by atomic mass is 10.2. The van der Waals surface area contributed by atoms with Crippen LogP contribution in [0, 0.1) is 12.7 Å². The minimum atomic E-state index is -0.237. The second-order valence-corrected chi connectivity index (χ2v) is 4.96. The van der Waals surface area contributed by atoms with Crippen LogP contribution in [0.4, 0.5) is 4.39 Å². The summed E-state index contributed by atoms with van der Waals surface area (Å²) in [5, 5.41) is 8.68. The van der Waals surface area contributed by atoms with Crippen LogP contribution in [0.2, 0.25) is 0 Å². The van der Waals surface area contributed by atoms with Gasteiger partial charge in [-0.05, 0) is 37.6 Å². The van der Waals surface area contributed by atoms with Crippen LogP contribution in [0.3, 0.4) is 0 Å². The molecule has 21 heavy (non-hydrogen) atoms. The van der Waals surface area contributed by atoms with Crippen molar-refractivity contribution in [2.75, 3.05) is 0 Å². The summed E-state index contributed by atoms with van der Waals surface area (Å²) in [6, 6.07) is 8.29. The van der Waals surface area contributed by atoms with Gasteiger partial charge >= 0.3 is 0 Å². The third-order valence-corrected chi connectivity index (χ3v) is 3.35. The molecule has 0 radical (unpaired) electrons. The largest absolute Gasteiger partial charge is 0.262 e. The maximum atomic E-state index is 13.0. The number of nitrogens with zero attached hydrogens (tertiary/aromatic N) is 5. The summed E-state index contributed by atoms with van der Waals surface area (Å²) in [4.78, 5) is 4.50. The highest BCUT2D eigenvalue weighted by Crippen LogP contribution is 2.16. The Morgan fingerprint density at radius 3 is 2.67 bits per heavy atom. The van der Waals surface area contributed by atoms with E-state index in [0.717, 1.165) is 11.4 Å². The van der Waals surface area contributed by atoms with Gasteiger partial charge in [-0.3, -0.25) is 4.68 Å². The van der Waals surface area contributed by atoms with E-state index in [1.54, 1.807) is 18.3 Å². The SMILES string of the molecule is Cc1nc(C(C)n2cccn2)n(Cc2ccc(F)cc2)n1. The lowest BCUT2D eigenvalue weighted by Gasteiger charge is -2.13. The molecule has 1 aromatic carbocycles. The molecule has 6 heteroatoms. The molecule has 1 unspecified atom stereocenters. The molecule has 108 valence electrons. The number of hydrogen-bond donors (Lipinski definition) is 0. The van der Waals surface area contributed by atoms with E-state index in [1.165, 1.54) is 12.1 Å². The van der Waals surface area contributed by atoms with E-state index in [0.29, 0.717) is 12.4 Å². The molecule has 0 N–H and O–H groups in total. The number of hydrogen-bond acceptors (Lipinski definition) is 3. The highest BCUT2D eigenvalue weighted by atomic mass is 19.1. The first-order valence-electron chi connectivity index (χ1n) is 6.78.